The van der Waals surface area contributed by atoms with Gasteiger partial charge in [0.25, 0.3) is 0 Å². The van der Waals surface area contributed by atoms with E-state index < -0.39 is 0 Å². The van der Waals surface area contributed by atoms with E-state index in [0.29, 0.717) is 12.5 Å². The van der Waals surface area contributed by atoms with Crippen molar-refractivity contribution >= 4 is 0 Å². The van der Waals surface area contributed by atoms with Gasteiger partial charge >= 0.3 is 0 Å². The first-order valence-corrected chi connectivity index (χ1v) is 6.17. The normalized spacial score (nSPS) is 12.6. The van der Waals surface area contributed by atoms with E-state index in [-0.39, 0.29) is 12.4 Å². The highest BCUT2D eigenvalue weighted by atomic mass is 19.1. The van der Waals surface area contributed by atoms with E-state index in [4.69, 9.17) is 5.11 Å². The number of halogens is 1. The van der Waals surface area contributed by atoms with Crippen LogP contribution >= 0.6 is 0 Å². The summed E-state index contributed by atoms with van der Waals surface area (Å²) in [4.78, 5) is 3.80. The number of aromatic nitrogens is 1. The Bertz CT molecular complexity index is 314. The minimum Gasteiger partial charge on any atom is -0.396 e. The second kappa shape index (κ2) is 8.14. The van der Waals surface area contributed by atoms with Gasteiger partial charge in [-0.15, -0.1) is 0 Å². The lowest BCUT2D eigenvalue weighted by Gasteiger charge is -2.15. The zero-order valence-corrected chi connectivity index (χ0v) is 10.3. The molecule has 1 aromatic rings. The Labute approximate surface area is 102 Å². The van der Waals surface area contributed by atoms with Crippen LogP contribution in [0.1, 0.15) is 31.7 Å². The fourth-order valence-electron chi connectivity index (χ4n) is 1.91. The van der Waals surface area contributed by atoms with Crippen molar-refractivity contribution in [3.8, 4) is 0 Å². The quantitative estimate of drug-likeness (QED) is 0.731. The third-order valence-electron chi connectivity index (χ3n) is 2.76. The molecule has 1 unspecified atom stereocenters. The maximum atomic E-state index is 12.9. The third kappa shape index (κ3) is 5.75. The minimum absolute atomic E-state index is 0.230. The Morgan fingerprint density at radius 2 is 2.24 bits per heavy atom. The SMILES string of the molecule is CCCC(CCO)CNCc1cncc(F)c1. The highest BCUT2D eigenvalue weighted by Gasteiger charge is 2.06. The zero-order chi connectivity index (χ0) is 12.5. The van der Waals surface area contributed by atoms with Gasteiger partial charge in [0, 0.05) is 19.3 Å². The van der Waals surface area contributed by atoms with Crippen LogP contribution in [0, 0.1) is 11.7 Å². The summed E-state index contributed by atoms with van der Waals surface area (Å²) in [5.41, 5.74) is 0.851. The van der Waals surface area contributed by atoms with Crippen molar-refractivity contribution in [2.75, 3.05) is 13.2 Å². The number of hydrogen-bond donors (Lipinski definition) is 2. The number of nitrogens with one attached hydrogen (secondary N) is 1. The molecule has 0 aliphatic rings. The summed E-state index contributed by atoms with van der Waals surface area (Å²) >= 11 is 0. The monoisotopic (exact) mass is 240 g/mol. The summed E-state index contributed by atoms with van der Waals surface area (Å²) in [7, 11) is 0. The second-order valence-corrected chi connectivity index (χ2v) is 4.31. The number of hydrogen-bond acceptors (Lipinski definition) is 3. The molecule has 0 fully saturated rings. The van der Waals surface area contributed by atoms with Crippen molar-refractivity contribution < 1.29 is 9.50 Å². The molecule has 0 saturated heterocycles. The molecular formula is C13H21FN2O. The van der Waals surface area contributed by atoms with E-state index in [1.54, 1.807) is 6.20 Å². The van der Waals surface area contributed by atoms with E-state index in [1.807, 2.05) is 0 Å². The molecule has 0 radical (unpaired) electrons. The average Bonchev–Trinajstić information content (AvgIpc) is 2.30. The van der Waals surface area contributed by atoms with Crippen LogP contribution in [0.25, 0.3) is 0 Å². The van der Waals surface area contributed by atoms with Crippen molar-refractivity contribution in [3.63, 3.8) is 0 Å². The van der Waals surface area contributed by atoms with Gasteiger partial charge < -0.3 is 10.4 Å². The van der Waals surface area contributed by atoms with Gasteiger partial charge in [0.1, 0.15) is 5.82 Å². The van der Waals surface area contributed by atoms with Crippen LogP contribution in [-0.2, 0) is 6.54 Å². The van der Waals surface area contributed by atoms with Crippen LogP contribution in [0.15, 0.2) is 18.5 Å². The van der Waals surface area contributed by atoms with Crippen molar-refractivity contribution in [1.29, 1.82) is 0 Å². The topological polar surface area (TPSA) is 45.1 Å². The molecule has 96 valence electrons. The van der Waals surface area contributed by atoms with Crippen LogP contribution < -0.4 is 5.32 Å². The van der Waals surface area contributed by atoms with Crippen LogP contribution in [0.3, 0.4) is 0 Å². The Balaban J connectivity index is 2.30. The molecule has 1 heterocycles. The summed E-state index contributed by atoms with van der Waals surface area (Å²) in [6.45, 7) is 3.84. The van der Waals surface area contributed by atoms with Gasteiger partial charge in [-0.1, -0.05) is 13.3 Å². The molecule has 0 spiro atoms. The predicted octanol–water partition coefficient (Wildman–Crippen LogP) is 2.11. The van der Waals surface area contributed by atoms with E-state index in [2.05, 4.69) is 17.2 Å². The molecule has 4 heteroatoms. The van der Waals surface area contributed by atoms with Crippen molar-refractivity contribution in [3.05, 3.63) is 29.8 Å². The van der Waals surface area contributed by atoms with Gasteiger partial charge in [-0.25, -0.2) is 4.39 Å². The van der Waals surface area contributed by atoms with Crippen molar-refractivity contribution in [1.82, 2.24) is 10.3 Å². The first-order valence-electron chi connectivity index (χ1n) is 6.17. The van der Waals surface area contributed by atoms with Gasteiger partial charge in [0.2, 0.25) is 0 Å². The van der Waals surface area contributed by atoms with Gasteiger partial charge in [-0.2, -0.15) is 0 Å². The standard InChI is InChI=1S/C13H21FN2O/c1-2-3-11(4-5-17)7-15-8-12-6-13(14)10-16-9-12/h6,9-11,15,17H,2-5,7-8H2,1H3. The van der Waals surface area contributed by atoms with E-state index in [9.17, 15) is 4.39 Å². The Hall–Kier alpha value is -1.00. The van der Waals surface area contributed by atoms with Gasteiger partial charge in [-0.05, 0) is 36.9 Å². The lowest BCUT2D eigenvalue weighted by Crippen LogP contribution is -2.23. The molecule has 2 N–H and O–H groups in total. The third-order valence-corrected chi connectivity index (χ3v) is 2.76. The molecule has 1 aromatic heterocycles. The first kappa shape index (κ1) is 14.1. The van der Waals surface area contributed by atoms with Gasteiger partial charge in [0.15, 0.2) is 0 Å². The van der Waals surface area contributed by atoms with E-state index >= 15 is 0 Å². The number of aliphatic hydroxyl groups is 1. The molecule has 17 heavy (non-hydrogen) atoms. The van der Waals surface area contributed by atoms with Crippen LogP contribution in [0.5, 0.6) is 0 Å². The number of nitrogens with zero attached hydrogens (tertiary/aromatic N) is 1. The van der Waals surface area contributed by atoms with E-state index in [0.717, 1.165) is 31.4 Å². The number of aliphatic hydroxyl groups excluding tert-OH is 1. The summed E-state index contributed by atoms with van der Waals surface area (Å²) in [5.74, 6) is 0.191. The Morgan fingerprint density at radius 3 is 2.88 bits per heavy atom. The molecule has 0 aromatic carbocycles. The average molecular weight is 240 g/mol. The number of rotatable bonds is 8. The molecular weight excluding hydrogens is 219 g/mol. The highest BCUT2D eigenvalue weighted by Crippen LogP contribution is 2.09. The molecule has 1 atom stereocenters. The van der Waals surface area contributed by atoms with Crippen LogP contribution in [0.4, 0.5) is 4.39 Å². The summed E-state index contributed by atoms with van der Waals surface area (Å²) in [6.07, 6.45) is 5.91. The fraction of sp³-hybridized carbons (Fsp3) is 0.615. The molecule has 0 aliphatic heterocycles. The van der Waals surface area contributed by atoms with Crippen LogP contribution in [0.2, 0.25) is 0 Å². The molecule has 0 amide bonds. The zero-order valence-electron chi connectivity index (χ0n) is 10.3. The second-order valence-electron chi connectivity index (χ2n) is 4.31. The first-order chi connectivity index (χ1) is 8.26. The van der Waals surface area contributed by atoms with E-state index in [1.165, 1.54) is 12.3 Å². The Morgan fingerprint density at radius 1 is 1.41 bits per heavy atom. The smallest absolute Gasteiger partial charge is 0.141 e. The lowest BCUT2D eigenvalue weighted by molar-refractivity contribution is 0.248. The molecule has 3 nitrogen and oxygen atoms in total. The summed E-state index contributed by atoms with van der Waals surface area (Å²) in [5, 5.41) is 12.2. The maximum absolute atomic E-state index is 12.9. The molecule has 1 rings (SSSR count). The Kier molecular flexibility index (Phi) is 6.74. The maximum Gasteiger partial charge on any atom is 0.141 e. The molecule has 0 bridgehead atoms. The highest BCUT2D eigenvalue weighted by molar-refractivity contribution is 5.09. The predicted molar refractivity (Wildman–Crippen MR) is 66.0 cm³/mol. The van der Waals surface area contributed by atoms with Gasteiger partial charge in [-0.3, -0.25) is 4.98 Å². The fourth-order valence-corrected chi connectivity index (χ4v) is 1.91. The summed E-state index contributed by atoms with van der Waals surface area (Å²) < 4.78 is 12.9. The largest absolute Gasteiger partial charge is 0.396 e. The lowest BCUT2D eigenvalue weighted by atomic mass is 10.0. The summed E-state index contributed by atoms with van der Waals surface area (Å²) in [6, 6.07) is 1.49. The molecule has 0 aliphatic carbocycles. The number of pyridine rings is 1. The van der Waals surface area contributed by atoms with Gasteiger partial charge in [0.05, 0.1) is 6.20 Å². The van der Waals surface area contributed by atoms with Crippen molar-refractivity contribution in [2.45, 2.75) is 32.7 Å². The molecule has 0 saturated carbocycles. The van der Waals surface area contributed by atoms with Crippen molar-refractivity contribution in [2.24, 2.45) is 5.92 Å². The van der Waals surface area contributed by atoms with Crippen LogP contribution in [-0.4, -0.2) is 23.2 Å². The minimum atomic E-state index is -0.301.